The lowest BCUT2D eigenvalue weighted by atomic mass is 10.3. The molecule has 0 aromatic carbocycles. The Morgan fingerprint density at radius 2 is 2.25 bits per heavy atom. The molecule has 0 amide bonds. The van der Waals surface area contributed by atoms with Crippen molar-refractivity contribution >= 4 is 10.0 Å². The molecule has 0 bridgehead atoms. The van der Waals surface area contributed by atoms with Crippen LogP contribution in [-0.4, -0.2) is 24.4 Å². The van der Waals surface area contributed by atoms with E-state index in [1.807, 2.05) is 0 Å². The fraction of sp³-hybridized carbons (Fsp3) is 0.333. The van der Waals surface area contributed by atoms with Crippen molar-refractivity contribution in [1.29, 1.82) is 0 Å². The third kappa shape index (κ3) is 3.40. The number of nitrogens with two attached hydrogens (primary N) is 1. The first kappa shape index (κ1) is 9.08. The average Bonchev–Trinajstić information content (AvgIpc) is 2.02. The van der Waals surface area contributed by atoms with Crippen LogP contribution in [0.2, 0.25) is 0 Å². The summed E-state index contributed by atoms with van der Waals surface area (Å²) in [7, 11) is -3.39. The van der Waals surface area contributed by atoms with Crippen LogP contribution in [0, 0.1) is 0 Å². The molecule has 0 saturated carbocycles. The molecule has 2 N–H and O–H groups in total. The standard InChI is InChI=1S/C6H9N3O2S/c7-12(10,11)5-3-6-2-1-4-8-9-6/h1-2,4H,3,5H2,(H2,7,10,11). The Kier molecular flexibility index (Phi) is 2.72. The Hall–Kier alpha value is -1.01. The topological polar surface area (TPSA) is 85.9 Å². The fourth-order valence-corrected chi connectivity index (χ4v) is 1.21. The van der Waals surface area contributed by atoms with Crippen LogP contribution in [0.25, 0.3) is 0 Å². The summed E-state index contributed by atoms with van der Waals surface area (Å²) in [6.07, 6.45) is 1.84. The number of rotatable bonds is 3. The Labute approximate surface area is 70.7 Å². The van der Waals surface area contributed by atoms with Crippen molar-refractivity contribution in [3.8, 4) is 0 Å². The predicted molar refractivity (Wildman–Crippen MR) is 43.7 cm³/mol. The number of sulfonamides is 1. The lowest BCUT2D eigenvalue weighted by Gasteiger charge is -1.96. The molecule has 0 aliphatic heterocycles. The van der Waals surface area contributed by atoms with Crippen molar-refractivity contribution in [2.45, 2.75) is 6.42 Å². The van der Waals surface area contributed by atoms with Gasteiger partial charge in [-0.25, -0.2) is 13.6 Å². The Morgan fingerprint density at radius 1 is 1.50 bits per heavy atom. The summed E-state index contributed by atoms with van der Waals surface area (Å²) in [6, 6.07) is 3.41. The first-order chi connectivity index (χ1) is 5.58. The molecule has 1 aromatic rings. The lowest BCUT2D eigenvalue weighted by molar-refractivity contribution is 0.596. The van der Waals surface area contributed by atoms with E-state index in [0.29, 0.717) is 12.1 Å². The van der Waals surface area contributed by atoms with Crippen molar-refractivity contribution in [2.75, 3.05) is 5.75 Å². The van der Waals surface area contributed by atoms with Crippen molar-refractivity contribution in [1.82, 2.24) is 10.2 Å². The highest BCUT2D eigenvalue weighted by atomic mass is 32.2. The number of aryl methyl sites for hydroxylation is 1. The number of nitrogens with zero attached hydrogens (tertiary/aromatic N) is 2. The molecule has 1 rings (SSSR count). The third-order valence-corrected chi connectivity index (χ3v) is 2.04. The maximum atomic E-state index is 10.5. The SMILES string of the molecule is NS(=O)(=O)CCc1cccnn1. The number of primary sulfonamides is 1. The summed E-state index contributed by atoms with van der Waals surface area (Å²) in [5.41, 5.74) is 0.631. The lowest BCUT2D eigenvalue weighted by Crippen LogP contribution is -2.18. The molecule has 1 heterocycles. The molecular weight excluding hydrogens is 178 g/mol. The first-order valence-electron chi connectivity index (χ1n) is 3.35. The Bertz CT molecular complexity index is 335. The van der Waals surface area contributed by atoms with E-state index in [1.54, 1.807) is 12.1 Å². The predicted octanol–water partition coefficient (Wildman–Crippen LogP) is -0.692. The van der Waals surface area contributed by atoms with E-state index in [2.05, 4.69) is 10.2 Å². The molecule has 0 atom stereocenters. The maximum Gasteiger partial charge on any atom is 0.209 e. The normalized spacial score (nSPS) is 11.4. The van der Waals surface area contributed by atoms with Crippen molar-refractivity contribution in [2.24, 2.45) is 5.14 Å². The van der Waals surface area contributed by atoms with E-state index in [9.17, 15) is 8.42 Å². The van der Waals surface area contributed by atoms with Crippen LogP contribution in [0.1, 0.15) is 5.69 Å². The number of aromatic nitrogens is 2. The van der Waals surface area contributed by atoms with Gasteiger partial charge in [-0.3, -0.25) is 0 Å². The molecule has 0 saturated heterocycles. The molecule has 66 valence electrons. The monoisotopic (exact) mass is 187 g/mol. The minimum Gasteiger partial charge on any atom is -0.229 e. The number of hydrogen-bond donors (Lipinski definition) is 1. The van der Waals surface area contributed by atoms with E-state index >= 15 is 0 Å². The van der Waals surface area contributed by atoms with Gasteiger partial charge in [0.25, 0.3) is 0 Å². The van der Waals surface area contributed by atoms with Crippen molar-refractivity contribution in [3.05, 3.63) is 24.0 Å². The average molecular weight is 187 g/mol. The van der Waals surface area contributed by atoms with E-state index in [0.717, 1.165) is 0 Å². The van der Waals surface area contributed by atoms with Crippen molar-refractivity contribution < 1.29 is 8.42 Å². The highest BCUT2D eigenvalue weighted by molar-refractivity contribution is 7.89. The second-order valence-corrected chi connectivity index (χ2v) is 4.07. The zero-order valence-corrected chi connectivity index (χ0v) is 7.16. The molecule has 0 unspecified atom stereocenters. The second-order valence-electron chi connectivity index (χ2n) is 2.33. The van der Waals surface area contributed by atoms with Gasteiger partial charge in [-0.15, -0.1) is 0 Å². The molecule has 0 aliphatic rings. The van der Waals surface area contributed by atoms with Gasteiger partial charge in [0, 0.05) is 12.6 Å². The van der Waals surface area contributed by atoms with Gasteiger partial charge < -0.3 is 0 Å². The summed E-state index contributed by atoms with van der Waals surface area (Å²) in [5.74, 6) is -0.0916. The van der Waals surface area contributed by atoms with Crippen molar-refractivity contribution in [3.63, 3.8) is 0 Å². The zero-order chi connectivity index (χ0) is 9.03. The molecule has 0 radical (unpaired) electrons. The summed E-state index contributed by atoms with van der Waals surface area (Å²) in [4.78, 5) is 0. The molecular formula is C6H9N3O2S. The van der Waals surface area contributed by atoms with Crippen LogP contribution in [0.15, 0.2) is 18.3 Å². The Morgan fingerprint density at radius 3 is 2.75 bits per heavy atom. The van der Waals surface area contributed by atoms with Gasteiger partial charge in [-0.1, -0.05) is 0 Å². The van der Waals surface area contributed by atoms with Crippen LogP contribution in [-0.2, 0) is 16.4 Å². The summed E-state index contributed by atoms with van der Waals surface area (Å²) < 4.78 is 21.1. The second kappa shape index (κ2) is 3.59. The van der Waals surface area contributed by atoms with Gasteiger partial charge in [0.2, 0.25) is 10.0 Å². The van der Waals surface area contributed by atoms with Gasteiger partial charge in [0.05, 0.1) is 11.4 Å². The van der Waals surface area contributed by atoms with E-state index in [1.165, 1.54) is 6.20 Å². The van der Waals surface area contributed by atoms with Crippen LogP contribution in [0.3, 0.4) is 0 Å². The molecule has 5 nitrogen and oxygen atoms in total. The zero-order valence-electron chi connectivity index (χ0n) is 6.34. The van der Waals surface area contributed by atoms with Gasteiger partial charge in [-0.05, 0) is 12.1 Å². The van der Waals surface area contributed by atoms with E-state index < -0.39 is 10.0 Å². The minimum atomic E-state index is -3.39. The first-order valence-corrected chi connectivity index (χ1v) is 5.06. The van der Waals surface area contributed by atoms with E-state index in [4.69, 9.17) is 5.14 Å². The fourth-order valence-electron chi connectivity index (χ4n) is 0.714. The van der Waals surface area contributed by atoms with Crippen LogP contribution in [0.4, 0.5) is 0 Å². The molecule has 6 heteroatoms. The third-order valence-electron chi connectivity index (χ3n) is 1.27. The minimum absolute atomic E-state index is 0.0916. The van der Waals surface area contributed by atoms with Crippen LogP contribution < -0.4 is 5.14 Å². The highest BCUT2D eigenvalue weighted by Crippen LogP contribution is 1.93. The maximum absolute atomic E-state index is 10.5. The van der Waals surface area contributed by atoms with E-state index in [-0.39, 0.29) is 5.75 Å². The quantitative estimate of drug-likeness (QED) is 0.678. The highest BCUT2D eigenvalue weighted by Gasteiger charge is 2.03. The smallest absolute Gasteiger partial charge is 0.209 e. The largest absolute Gasteiger partial charge is 0.229 e. The summed E-state index contributed by atoms with van der Waals surface area (Å²) >= 11 is 0. The molecule has 0 aliphatic carbocycles. The van der Waals surface area contributed by atoms with Gasteiger partial charge in [0.15, 0.2) is 0 Å². The summed E-state index contributed by atoms with van der Waals surface area (Å²) in [6.45, 7) is 0. The summed E-state index contributed by atoms with van der Waals surface area (Å²) in [5, 5.41) is 12.1. The van der Waals surface area contributed by atoms with Crippen LogP contribution >= 0.6 is 0 Å². The van der Waals surface area contributed by atoms with Gasteiger partial charge in [-0.2, -0.15) is 10.2 Å². The molecule has 1 aromatic heterocycles. The molecule has 0 fully saturated rings. The van der Waals surface area contributed by atoms with Gasteiger partial charge in [0.1, 0.15) is 0 Å². The Balaban J connectivity index is 2.56. The van der Waals surface area contributed by atoms with Crippen LogP contribution in [0.5, 0.6) is 0 Å². The molecule has 12 heavy (non-hydrogen) atoms. The molecule has 0 spiro atoms. The number of hydrogen-bond acceptors (Lipinski definition) is 4. The van der Waals surface area contributed by atoms with Gasteiger partial charge >= 0.3 is 0 Å².